The third-order valence-electron chi connectivity index (χ3n) is 3.77. The van der Waals surface area contributed by atoms with E-state index in [1.165, 1.54) is 30.7 Å². The fourth-order valence-corrected chi connectivity index (χ4v) is 3.43. The van der Waals surface area contributed by atoms with Crippen LogP contribution in [0, 0.1) is 5.82 Å². The van der Waals surface area contributed by atoms with Crippen LogP contribution in [-0.2, 0) is 0 Å². The second kappa shape index (κ2) is 6.11. The molecule has 0 saturated heterocycles. The van der Waals surface area contributed by atoms with Gasteiger partial charge in [0.05, 0.1) is 17.0 Å². The molecule has 0 spiro atoms. The van der Waals surface area contributed by atoms with Crippen LogP contribution in [0.2, 0.25) is 0 Å². The van der Waals surface area contributed by atoms with Gasteiger partial charge < -0.3 is 5.11 Å². The van der Waals surface area contributed by atoms with Gasteiger partial charge in [-0.1, -0.05) is 18.9 Å². The molecule has 0 aliphatic heterocycles. The van der Waals surface area contributed by atoms with Crippen molar-refractivity contribution < 1.29 is 9.50 Å². The summed E-state index contributed by atoms with van der Waals surface area (Å²) in [6.45, 7) is 1.61. The van der Waals surface area contributed by atoms with Gasteiger partial charge in [-0.15, -0.1) is 5.10 Å². The number of tetrazole rings is 1. The lowest BCUT2D eigenvalue weighted by atomic mass is 10.1. The quantitative estimate of drug-likeness (QED) is 0.940. The molecule has 1 atom stereocenters. The SMILES string of the molecule is C[C@@H](O)c1ccc(Sc2nnnn2C2CCCC2)c(F)c1. The molecule has 1 aliphatic rings. The number of aliphatic hydroxyl groups is 1. The van der Waals surface area contributed by atoms with Crippen LogP contribution in [0.25, 0.3) is 0 Å². The van der Waals surface area contributed by atoms with Gasteiger partial charge in [0.25, 0.3) is 0 Å². The van der Waals surface area contributed by atoms with Crippen molar-refractivity contribution >= 4 is 11.8 Å². The smallest absolute Gasteiger partial charge is 0.214 e. The van der Waals surface area contributed by atoms with Crippen LogP contribution in [0.15, 0.2) is 28.3 Å². The molecule has 1 aromatic heterocycles. The molecule has 1 fully saturated rings. The lowest BCUT2D eigenvalue weighted by Crippen LogP contribution is -2.08. The first-order valence-electron chi connectivity index (χ1n) is 7.08. The first kappa shape index (κ1) is 14.5. The molecule has 2 aromatic rings. The van der Waals surface area contributed by atoms with E-state index in [4.69, 9.17) is 0 Å². The minimum atomic E-state index is -0.678. The van der Waals surface area contributed by atoms with Gasteiger partial charge >= 0.3 is 0 Å². The van der Waals surface area contributed by atoms with Crippen LogP contribution in [0.5, 0.6) is 0 Å². The Balaban J connectivity index is 1.82. The number of aromatic nitrogens is 4. The number of nitrogens with zero attached hydrogens (tertiary/aromatic N) is 4. The Hall–Kier alpha value is -1.47. The Kier molecular flexibility index (Phi) is 4.21. The monoisotopic (exact) mass is 308 g/mol. The normalized spacial score (nSPS) is 17.3. The third kappa shape index (κ3) is 3.08. The highest BCUT2D eigenvalue weighted by atomic mass is 32.2. The first-order chi connectivity index (χ1) is 10.1. The Morgan fingerprint density at radius 3 is 2.81 bits per heavy atom. The van der Waals surface area contributed by atoms with Crippen LogP contribution in [0.3, 0.4) is 0 Å². The molecule has 1 heterocycles. The van der Waals surface area contributed by atoms with Crippen LogP contribution in [-0.4, -0.2) is 25.3 Å². The summed E-state index contributed by atoms with van der Waals surface area (Å²) in [6, 6.07) is 5.06. The Morgan fingerprint density at radius 2 is 2.14 bits per heavy atom. The fourth-order valence-electron chi connectivity index (χ4n) is 2.59. The molecule has 0 amide bonds. The van der Waals surface area contributed by atoms with Crippen LogP contribution < -0.4 is 0 Å². The standard InChI is InChI=1S/C14H17FN4OS/c1-9(20)10-6-7-13(12(15)8-10)21-14-16-17-18-19(14)11-4-2-3-5-11/h6-9,11,20H,2-5H2,1H3/t9-/m1/s1. The van der Waals surface area contributed by atoms with Crippen LogP contribution >= 0.6 is 11.8 Å². The summed E-state index contributed by atoms with van der Waals surface area (Å²) in [7, 11) is 0. The fraction of sp³-hybridized carbons (Fsp3) is 0.500. The summed E-state index contributed by atoms with van der Waals surface area (Å²) in [5.74, 6) is -0.362. The second-order valence-corrected chi connectivity index (χ2v) is 6.32. The lowest BCUT2D eigenvalue weighted by Gasteiger charge is -2.11. The molecular weight excluding hydrogens is 291 g/mol. The molecule has 0 radical (unpaired) electrons. The second-order valence-electron chi connectivity index (χ2n) is 5.31. The minimum Gasteiger partial charge on any atom is -0.389 e. The van der Waals surface area contributed by atoms with Gasteiger partial charge in [0.2, 0.25) is 5.16 Å². The summed E-state index contributed by atoms with van der Waals surface area (Å²) in [5.41, 5.74) is 0.562. The van der Waals surface area contributed by atoms with Crippen molar-refractivity contribution in [2.75, 3.05) is 0 Å². The zero-order valence-corrected chi connectivity index (χ0v) is 12.6. The zero-order chi connectivity index (χ0) is 14.8. The van der Waals surface area contributed by atoms with Crippen LogP contribution in [0.1, 0.15) is 50.3 Å². The maximum atomic E-state index is 14.1. The average molecular weight is 308 g/mol. The van der Waals surface area contributed by atoms with Crippen LogP contribution in [0.4, 0.5) is 4.39 Å². The molecule has 3 rings (SSSR count). The van der Waals surface area contributed by atoms with E-state index in [2.05, 4.69) is 15.5 Å². The topological polar surface area (TPSA) is 63.8 Å². The summed E-state index contributed by atoms with van der Waals surface area (Å²) >= 11 is 1.22. The van der Waals surface area contributed by atoms with Gasteiger partial charge in [-0.25, -0.2) is 9.07 Å². The first-order valence-corrected chi connectivity index (χ1v) is 7.90. The van der Waals surface area contributed by atoms with Gasteiger partial charge in [0.1, 0.15) is 5.82 Å². The van der Waals surface area contributed by atoms with E-state index >= 15 is 0 Å². The van der Waals surface area contributed by atoms with Gasteiger partial charge in [-0.05, 0) is 59.7 Å². The number of hydrogen-bond acceptors (Lipinski definition) is 5. The highest BCUT2D eigenvalue weighted by molar-refractivity contribution is 7.99. The number of benzene rings is 1. The molecule has 1 N–H and O–H groups in total. The molecule has 112 valence electrons. The van der Waals surface area contributed by atoms with Gasteiger partial charge in [0, 0.05) is 0 Å². The lowest BCUT2D eigenvalue weighted by molar-refractivity contribution is 0.198. The van der Waals surface area contributed by atoms with E-state index in [0.717, 1.165) is 12.8 Å². The summed E-state index contributed by atoms with van der Waals surface area (Å²) < 4.78 is 15.9. The van der Waals surface area contributed by atoms with Crippen molar-refractivity contribution in [3.63, 3.8) is 0 Å². The van der Waals surface area contributed by atoms with E-state index < -0.39 is 6.10 Å². The number of aliphatic hydroxyl groups excluding tert-OH is 1. The molecular formula is C14H17FN4OS. The molecule has 1 aromatic carbocycles. The van der Waals surface area contributed by atoms with E-state index in [9.17, 15) is 9.50 Å². The van der Waals surface area contributed by atoms with Crippen molar-refractivity contribution in [3.8, 4) is 0 Å². The molecule has 0 bridgehead atoms. The highest BCUT2D eigenvalue weighted by Crippen LogP contribution is 2.35. The summed E-state index contributed by atoms with van der Waals surface area (Å²) in [4.78, 5) is 0.466. The van der Waals surface area contributed by atoms with Gasteiger partial charge in [0.15, 0.2) is 0 Å². The minimum absolute atomic E-state index is 0.322. The van der Waals surface area contributed by atoms with E-state index in [-0.39, 0.29) is 5.82 Å². The maximum absolute atomic E-state index is 14.1. The molecule has 1 saturated carbocycles. The van der Waals surface area contributed by atoms with Gasteiger partial charge in [-0.3, -0.25) is 0 Å². The van der Waals surface area contributed by atoms with Crippen molar-refractivity contribution in [1.82, 2.24) is 20.2 Å². The van der Waals surface area contributed by atoms with Crippen molar-refractivity contribution in [2.45, 2.75) is 54.8 Å². The summed E-state index contributed by atoms with van der Waals surface area (Å²) in [5, 5.41) is 21.9. The van der Waals surface area contributed by atoms with Crippen molar-refractivity contribution in [1.29, 1.82) is 0 Å². The number of rotatable bonds is 4. The largest absolute Gasteiger partial charge is 0.389 e. The van der Waals surface area contributed by atoms with E-state index in [1.807, 2.05) is 0 Å². The summed E-state index contributed by atoms with van der Waals surface area (Å²) in [6.07, 6.45) is 3.84. The predicted octanol–water partition coefficient (Wildman–Crippen LogP) is 3.13. The number of hydrogen-bond donors (Lipinski definition) is 1. The Morgan fingerprint density at radius 1 is 1.38 bits per heavy atom. The Bertz CT molecular complexity index is 625. The van der Waals surface area contributed by atoms with Crippen molar-refractivity contribution in [3.05, 3.63) is 29.6 Å². The Labute approximate surface area is 126 Å². The molecule has 1 aliphatic carbocycles. The maximum Gasteiger partial charge on any atom is 0.214 e. The molecule has 5 nitrogen and oxygen atoms in total. The predicted molar refractivity (Wildman–Crippen MR) is 76.5 cm³/mol. The van der Waals surface area contributed by atoms with Gasteiger partial charge in [-0.2, -0.15) is 0 Å². The zero-order valence-electron chi connectivity index (χ0n) is 11.7. The number of halogens is 1. The van der Waals surface area contributed by atoms with E-state index in [1.54, 1.807) is 23.7 Å². The van der Waals surface area contributed by atoms with E-state index in [0.29, 0.717) is 21.7 Å². The highest BCUT2D eigenvalue weighted by Gasteiger charge is 2.22. The van der Waals surface area contributed by atoms with Crippen molar-refractivity contribution in [2.24, 2.45) is 0 Å². The third-order valence-corrected chi connectivity index (χ3v) is 4.78. The molecule has 0 unspecified atom stereocenters. The average Bonchev–Trinajstić information content (AvgIpc) is 3.11. The molecule has 7 heteroatoms. The molecule has 21 heavy (non-hydrogen) atoms.